The zero-order valence-corrected chi connectivity index (χ0v) is 16.0. The number of allylic oxidation sites excluding steroid dienone is 1. The van der Waals surface area contributed by atoms with Crippen LogP contribution in [0.2, 0.25) is 10.0 Å². The second-order valence-electron chi connectivity index (χ2n) is 5.21. The van der Waals surface area contributed by atoms with Crippen molar-refractivity contribution in [2.24, 2.45) is 0 Å². The summed E-state index contributed by atoms with van der Waals surface area (Å²) in [5, 5.41) is 16.0. The van der Waals surface area contributed by atoms with Crippen LogP contribution in [0.15, 0.2) is 54.0 Å². The molecule has 1 heterocycles. The van der Waals surface area contributed by atoms with Crippen molar-refractivity contribution in [3.63, 3.8) is 0 Å². The first kappa shape index (κ1) is 18.3. The molecule has 0 aliphatic rings. The Kier molecular flexibility index (Phi) is 5.79. The van der Waals surface area contributed by atoms with E-state index >= 15 is 0 Å². The fourth-order valence-corrected chi connectivity index (χ4v) is 3.47. The Labute approximate surface area is 165 Å². The summed E-state index contributed by atoms with van der Waals surface area (Å²) >= 11 is 13.4. The van der Waals surface area contributed by atoms with Crippen molar-refractivity contribution in [3.8, 4) is 23.1 Å². The predicted octanol–water partition coefficient (Wildman–Crippen LogP) is 6.10. The van der Waals surface area contributed by atoms with Gasteiger partial charge in [0.25, 0.3) is 0 Å². The lowest BCUT2D eigenvalue weighted by Crippen LogP contribution is -1.92. The highest BCUT2D eigenvalue weighted by Gasteiger charge is 2.10. The molecule has 3 aromatic rings. The van der Waals surface area contributed by atoms with Gasteiger partial charge in [-0.2, -0.15) is 5.26 Å². The third-order valence-corrected chi connectivity index (χ3v) is 4.95. The summed E-state index contributed by atoms with van der Waals surface area (Å²) in [5.74, 6) is 0.757. The molecule has 0 saturated heterocycles. The van der Waals surface area contributed by atoms with E-state index in [0.717, 1.165) is 17.0 Å². The molecule has 2 aromatic carbocycles. The van der Waals surface area contributed by atoms with E-state index in [0.29, 0.717) is 26.3 Å². The van der Waals surface area contributed by atoms with Crippen LogP contribution in [0.25, 0.3) is 16.8 Å². The second-order valence-corrected chi connectivity index (χ2v) is 6.91. The first-order chi connectivity index (χ1) is 12.6. The Hall–Kier alpha value is -2.52. The largest absolute Gasteiger partial charge is 0.497 e. The molecular formula is C19H13Cl2N3OS. The van der Waals surface area contributed by atoms with Crippen molar-refractivity contribution < 1.29 is 4.74 Å². The van der Waals surface area contributed by atoms with E-state index in [4.69, 9.17) is 27.9 Å². The summed E-state index contributed by atoms with van der Waals surface area (Å²) < 4.78 is 5.24. The lowest BCUT2D eigenvalue weighted by molar-refractivity contribution is 0.415. The molecule has 26 heavy (non-hydrogen) atoms. The topological polar surface area (TPSA) is 57.9 Å². The number of anilines is 1. The predicted molar refractivity (Wildman–Crippen MR) is 108 cm³/mol. The minimum Gasteiger partial charge on any atom is -0.497 e. The summed E-state index contributed by atoms with van der Waals surface area (Å²) in [7, 11) is 1.62. The van der Waals surface area contributed by atoms with Crippen LogP contribution in [0.4, 0.5) is 5.69 Å². The number of halogens is 2. The van der Waals surface area contributed by atoms with Crippen molar-refractivity contribution in [1.82, 2.24) is 4.98 Å². The van der Waals surface area contributed by atoms with Crippen molar-refractivity contribution >= 4 is 45.8 Å². The minimum absolute atomic E-state index is 0.412. The van der Waals surface area contributed by atoms with Gasteiger partial charge in [-0.05, 0) is 30.3 Å². The van der Waals surface area contributed by atoms with E-state index in [9.17, 15) is 5.26 Å². The van der Waals surface area contributed by atoms with Crippen LogP contribution >= 0.6 is 34.5 Å². The van der Waals surface area contributed by atoms with Gasteiger partial charge in [-0.25, -0.2) is 4.98 Å². The number of aromatic nitrogens is 1. The summed E-state index contributed by atoms with van der Waals surface area (Å²) in [4.78, 5) is 4.55. The maximum absolute atomic E-state index is 9.47. The number of benzene rings is 2. The van der Waals surface area contributed by atoms with Gasteiger partial charge in [0, 0.05) is 22.2 Å². The summed E-state index contributed by atoms with van der Waals surface area (Å²) in [5.41, 5.74) is 2.79. The van der Waals surface area contributed by atoms with E-state index in [2.05, 4.69) is 16.4 Å². The van der Waals surface area contributed by atoms with Gasteiger partial charge >= 0.3 is 0 Å². The first-order valence-electron chi connectivity index (χ1n) is 7.53. The number of rotatable bonds is 5. The Morgan fingerprint density at radius 1 is 1.27 bits per heavy atom. The highest BCUT2D eigenvalue weighted by molar-refractivity contribution is 7.11. The monoisotopic (exact) mass is 401 g/mol. The minimum atomic E-state index is 0.412. The number of hydrogen-bond donors (Lipinski definition) is 1. The van der Waals surface area contributed by atoms with Gasteiger partial charge in [-0.15, -0.1) is 11.3 Å². The van der Waals surface area contributed by atoms with E-state index in [-0.39, 0.29) is 0 Å². The van der Waals surface area contributed by atoms with Crippen LogP contribution in [-0.4, -0.2) is 12.1 Å². The van der Waals surface area contributed by atoms with Gasteiger partial charge in [-0.3, -0.25) is 0 Å². The van der Waals surface area contributed by atoms with Crippen LogP contribution < -0.4 is 10.1 Å². The van der Waals surface area contributed by atoms with Crippen molar-refractivity contribution in [3.05, 3.63) is 69.1 Å². The molecule has 3 rings (SSSR count). The van der Waals surface area contributed by atoms with E-state index < -0.39 is 0 Å². The normalized spacial score (nSPS) is 11.1. The Morgan fingerprint density at radius 2 is 2.12 bits per heavy atom. The number of hydrogen-bond acceptors (Lipinski definition) is 5. The molecule has 0 amide bonds. The summed E-state index contributed by atoms with van der Waals surface area (Å²) in [6.07, 6.45) is 1.59. The third kappa shape index (κ3) is 4.17. The number of ether oxygens (including phenoxy) is 1. The number of nitrogens with zero attached hydrogens (tertiary/aromatic N) is 2. The van der Waals surface area contributed by atoms with Gasteiger partial charge < -0.3 is 10.1 Å². The number of methoxy groups -OCH3 is 1. The van der Waals surface area contributed by atoms with Gasteiger partial charge in [0.15, 0.2) is 0 Å². The summed E-state index contributed by atoms with van der Waals surface area (Å²) in [6, 6.07) is 14.9. The lowest BCUT2D eigenvalue weighted by Gasteiger charge is -2.04. The molecule has 1 N–H and O–H groups in total. The average molecular weight is 402 g/mol. The quantitative estimate of drug-likeness (QED) is 0.524. The van der Waals surface area contributed by atoms with Crippen molar-refractivity contribution in [1.29, 1.82) is 5.26 Å². The molecule has 0 atom stereocenters. The zero-order valence-electron chi connectivity index (χ0n) is 13.7. The highest BCUT2D eigenvalue weighted by Crippen LogP contribution is 2.29. The second kappa shape index (κ2) is 8.24. The highest BCUT2D eigenvalue weighted by atomic mass is 35.5. The fraction of sp³-hybridized carbons (Fsp3) is 0.0526. The SMILES string of the molecule is COc1cccc(-c2csc(/C(C#N)=C\Nc3ccc(Cl)cc3Cl)n2)c1. The summed E-state index contributed by atoms with van der Waals surface area (Å²) in [6.45, 7) is 0. The molecule has 7 heteroatoms. The standard InChI is InChI=1S/C19H13Cl2N3OS/c1-25-15-4-2-3-12(7-15)18-11-26-19(24-18)13(9-22)10-23-17-6-5-14(20)8-16(17)21/h2-8,10-11,23H,1H3/b13-10-. The van der Waals surface area contributed by atoms with Crippen LogP contribution in [-0.2, 0) is 0 Å². The maximum atomic E-state index is 9.47. The van der Waals surface area contributed by atoms with E-state index in [1.807, 2.05) is 29.6 Å². The molecule has 130 valence electrons. The molecule has 0 spiro atoms. The molecule has 1 aromatic heterocycles. The smallest absolute Gasteiger partial charge is 0.136 e. The first-order valence-corrected chi connectivity index (χ1v) is 9.16. The lowest BCUT2D eigenvalue weighted by atomic mass is 10.1. The van der Waals surface area contributed by atoms with Gasteiger partial charge in [0.2, 0.25) is 0 Å². The molecule has 0 saturated carbocycles. The molecule has 0 unspecified atom stereocenters. The number of nitriles is 1. The molecule has 4 nitrogen and oxygen atoms in total. The maximum Gasteiger partial charge on any atom is 0.136 e. The molecule has 0 aliphatic heterocycles. The molecule has 0 bridgehead atoms. The Bertz CT molecular complexity index is 1010. The molecule has 0 aliphatic carbocycles. The van der Waals surface area contributed by atoms with Crippen molar-refractivity contribution in [2.75, 3.05) is 12.4 Å². The van der Waals surface area contributed by atoms with Gasteiger partial charge in [-0.1, -0.05) is 35.3 Å². The van der Waals surface area contributed by atoms with Crippen LogP contribution in [0.5, 0.6) is 5.75 Å². The van der Waals surface area contributed by atoms with Crippen molar-refractivity contribution in [2.45, 2.75) is 0 Å². The van der Waals surface area contributed by atoms with E-state index in [1.165, 1.54) is 11.3 Å². The van der Waals surface area contributed by atoms with Gasteiger partial charge in [0.1, 0.15) is 22.4 Å². The number of thiazole rings is 1. The van der Waals surface area contributed by atoms with Crippen LogP contribution in [0.3, 0.4) is 0 Å². The van der Waals surface area contributed by atoms with E-state index in [1.54, 1.807) is 31.5 Å². The van der Waals surface area contributed by atoms with Crippen LogP contribution in [0.1, 0.15) is 5.01 Å². The van der Waals surface area contributed by atoms with Crippen LogP contribution in [0, 0.1) is 11.3 Å². The average Bonchev–Trinajstić information content (AvgIpc) is 3.14. The third-order valence-electron chi connectivity index (χ3n) is 3.52. The van der Waals surface area contributed by atoms with Gasteiger partial charge in [0.05, 0.1) is 23.5 Å². The Morgan fingerprint density at radius 3 is 2.85 bits per heavy atom. The molecular weight excluding hydrogens is 389 g/mol. The number of nitrogens with one attached hydrogen (secondary N) is 1. The fourth-order valence-electron chi connectivity index (χ4n) is 2.21. The molecule has 0 fully saturated rings. The Balaban J connectivity index is 1.85. The molecule has 0 radical (unpaired) electrons. The zero-order chi connectivity index (χ0) is 18.5.